The molecule has 1 atom stereocenters. The number of alkyl halides is 3. The van der Waals surface area contributed by atoms with Crippen molar-refractivity contribution >= 4 is 16.5 Å². The van der Waals surface area contributed by atoms with Crippen LogP contribution >= 0.6 is 0 Å². The summed E-state index contributed by atoms with van der Waals surface area (Å²) in [5.74, 6) is 2.56. The Morgan fingerprint density at radius 1 is 0.885 bits per heavy atom. The zero-order valence-electron chi connectivity index (χ0n) is 13.7. The molecule has 2 nitrogen and oxygen atoms in total. The molecule has 0 aliphatic carbocycles. The second kappa shape index (κ2) is 6.74. The van der Waals surface area contributed by atoms with Crippen molar-refractivity contribution in [3.05, 3.63) is 77.9 Å². The van der Waals surface area contributed by atoms with Gasteiger partial charge in [-0.2, -0.15) is 13.2 Å². The molecule has 0 spiro atoms. The minimum atomic E-state index is -4.41. The van der Waals surface area contributed by atoms with Gasteiger partial charge in [0.1, 0.15) is 5.54 Å². The predicted molar refractivity (Wildman–Crippen MR) is 96.6 cm³/mol. The molecule has 0 aliphatic heterocycles. The van der Waals surface area contributed by atoms with Crippen LogP contribution in [0.4, 0.5) is 18.9 Å². The lowest BCUT2D eigenvalue weighted by Gasteiger charge is -2.30. The average Bonchev–Trinajstić information content (AvgIpc) is 2.65. The van der Waals surface area contributed by atoms with E-state index in [1.54, 1.807) is 6.07 Å². The number of hydrogen-bond acceptors (Lipinski definition) is 2. The van der Waals surface area contributed by atoms with Gasteiger partial charge < -0.3 is 10.4 Å². The Balaban J connectivity index is 1.98. The lowest BCUT2D eigenvalue weighted by molar-refractivity contribution is -0.137. The Morgan fingerprint density at radius 3 is 2.08 bits per heavy atom. The number of anilines is 1. The first-order valence-electron chi connectivity index (χ1n) is 7.91. The highest BCUT2D eigenvalue weighted by Gasteiger charge is 2.32. The molecule has 26 heavy (non-hydrogen) atoms. The second-order valence-electron chi connectivity index (χ2n) is 5.97. The van der Waals surface area contributed by atoms with Crippen LogP contribution in [0, 0.1) is 12.3 Å². The first-order valence-corrected chi connectivity index (χ1v) is 7.91. The molecular weight excluding hydrogens is 339 g/mol. The van der Waals surface area contributed by atoms with Crippen molar-refractivity contribution in [1.82, 2.24) is 0 Å². The molecule has 5 heteroatoms. The third-order valence-electron chi connectivity index (χ3n) is 4.30. The first-order chi connectivity index (χ1) is 12.4. The van der Waals surface area contributed by atoms with E-state index in [2.05, 4.69) is 11.2 Å². The van der Waals surface area contributed by atoms with Crippen molar-refractivity contribution in [2.24, 2.45) is 0 Å². The van der Waals surface area contributed by atoms with Gasteiger partial charge in [0.2, 0.25) is 0 Å². The maximum Gasteiger partial charge on any atom is 0.416 e. The largest absolute Gasteiger partial charge is 0.416 e. The molecule has 2 N–H and O–H groups in total. The highest BCUT2D eigenvalue weighted by molar-refractivity contribution is 5.83. The van der Waals surface area contributed by atoms with Gasteiger partial charge in [0.05, 0.1) is 12.2 Å². The molecule has 0 amide bonds. The lowest BCUT2D eigenvalue weighted by Crippen LogP contribution is -2.37. The molecule has 0 aliphatic rings. The van der Waals surface area contributed by atoms with Crippen molar-refractivity contribution in [1.29, 1.82) is 0 Å². The fourth-order valence-electron chi connectivity index (χ4n) is 2.81. The van der Waals surface area contributed by atoms with Gasteiger partial charge in [0.25, 0.3) is 0 Å². The summed E-state index contributed by atoms with van der Waals surface area (Å²) in [6.45, 7) is -0.414. The van der Waals surface area contributed by atoms with Gasteiger partial charge in [-0.25, -0.2) is 0 Å². The number of aliphatic hydroxyl groups is 1. The third-order valence-corrected chi connectivity index (χ3v) is 4.30. The average molecular weight is 355 g/mol. The normalized spacial score (nSPS) is 13.8. The number of terminal acetylenes is 1. The van der Waals surface area contributed by atoms with Crippen LogP contribution in [0.25, 0.3) is 10.8 Å². The SMILES string of the molecule is C#C[C@@](CO)(Nc1ccc(C(F)(F)F)cc1)c1ccc2ccccc2c1. The summed E-state index contributed by atoms with van der Waals surface area (Å²) in [6, 6.07) is 17.8. The van der Waals surface area contributed by atoms with Crippen molar-refractivity contribution in [3.63, 3.8) is 0 Å². The summed E-state index contributed by atoms with van der Waals surface area (Å²) in [6.07, 6.45) is 1.28. The summed E-state index contributed by atoms with van der Waals surface area (Å²) in [7, 11) is 0. The summed E-state index contributed by atoms with van der Waals surface area (Å²) < 4.78 is 38.1. The van der Waals surface area contributed by atoms with Crippen LogP contribution < -0.4 is 5.32 Å². The number of aliphatic hydroxyl groups excluding tert-OH is 1. The summed E-state index contributed by atoms with van der Waals surface area (Å²) in [4.78, 5) is 0. The molecule has 132 valence electrons. The molecule has 3 rings (SSSR count). The highest BCUT2D eigenvalue weighted by Crippen LogP contribution is 2.32. The van der Waals surface area contributed by atoms with E-state index in [0.717, 1.165) is 22.9 Å². The van der Waals surface area contributed by atoms with Gasteiger partial charge in [0.15, 0.2) is 0 Å². The number of nitrogens with one attached hydrogen (secondary N) is 1. The minimum absolute atomic E-state index is 0.387. The van der Waals surface area contributed by atoms with E-state index in [4.69, 9.17) is 6.42 Å². The molecule has 0 saturated carbocycles. The summed E-state index contributed by atoms with van der Waals surface area (Å²) in [5, 5.41) is 14.9. The number of rotatable bonds is 4. The molecule has 0 bridgehead atoms. The van der Waals surface area contributed by atoms with Crippen LogP contribution in [-0.4, -0.2) is 11.7 Å². The van der Waals surface area contributed by atoms with E-state index in [9.17, 15) is 18.3 Å². The lowest BCUT2D eigenvalue weighted by atomic mass is 9.89. The maximum absolute atomic E-state index is 12.7. The van der Waals surface area contributed by atoms with E-state index in [1.807, 2.05) is 36.4 Å². The van der Waals surface area contributed by atoms with Crippen LogP contribution in [-0.2, 0) is 11.7 Å². The molecule has 3 aromatic carbocycles. The Labute approximate surface area is 149 Å². The van der Waals surface area contributed by atoms with Crippen LogP contribution in [0.5, 0.6) is 0 Å². The molecule has 0 aromatic heterocycles. The van der Waals surface area contributed by atoms with E-state index in [1.165, 1.54) is 12.1 Å². The quantitative estimate of drug-likeness (QED) is 0.660. The van der Waals surface area contributed by atoms with Crippen LogP contribution in [0.15, 0.2) is 66.7 Å². The topological polar surface area (TPSA) is 32.3 Å². The van der Waals surface area contributed by atoms with E-state index < -0.39 is 23.9 Å². The zero-order valence-corrected chi connectivity index (χ0v) is 13.7. The minimum Gasteiger partial charge on any atom is -0.393 e. The maximum atomic E-state index is 12.7. The van der Waals surface area contributed by atoms with Gasteiger partial charge in [-0.05, 0) is 46.7 Å². The second-order valence-corrected chi connectivity index (χ2v) is 5.97. The van der Waals surface area contributed by atoms with E-state index in [0.29, 0.717) is 11.3 Å². The third kappa shape index (κ3) is 3.37. The molecule has 0 heterocycles. The Kier molecular flexibility index (Phi) is 4.62. The van der Waals surface area contributed by atoms with Gasteiger partial charge in [-0.1, -0.05) is 42.3 Å². The number of benzene rings is 3. The smallest absolute Gasteiger partial charge is 0.393 e. The first kappa shape index (κ1) is 17.8. The van der Waals surface area contributed by atoms with Crippen LogP contribution in [0.3, 0.4) is 0 Å². The summed E-state index contributed by atoms with van der Waals surface area (Å²) in [5.41, 5.74) is -0.952. The number of hydrogen-bond donors (Lipinski definition) is 2. The zero-order chi connectivity index (χ0) is 18.8. The molecule has 0 radical (unpaired) electrons. The van der Waals surface area contributed by atoms with Gasteiger partial charge >= 0.3 is 6.18 Å². The number of halogens is 3. The number of fused-ring (bicyclic) bond motifs is 1. The fraction of sp³-hybridized carbons (Fsp3) is 0.143. The van der Waals surface area contributed by atoms with Crippen molar-refractivity contribution in [2.75, 3.05) is 11.9 Å². The van der Waals surface area contributed by atoms with Gasteiger partial charge in [-0.15, -0.1) is 6.42 Å². The van der Waals surface area contributed by atoms with E-state index >= 15 is 0 Å². The summed E-state index contributed by atoms with van der Waals surface area (Å²) >= 11 is 0. The highest BCUT2D eigenvalue weighted by atomic mass is 19.4. The monoisotopic (exact) mass is 355 g/mol. The Bertz CT molecular complexity index is 957. The van der Waals surface area contributed by atoms with Crippen molar-refractivity contribution in [2.45, 2.75) is 11.7 Å². The predicted octanol–water partition coefficient (Wildman–Crippen LogP) is 4.79. The molecule has 3 aromatic rings. The van der Waals surface area contributed by atoms with E-state index in [-0.39, 0.29) is 0 Å². The fourth-order valence-corrected chi connectivity index (χ4v) is 2.81. The standard InChI is InChI=1S/C21H16F3NO/c1-2-20(14-26,18-8-7-15-5-3-4-6-16(15)13-18)25-19-11-9-17(10-12-19)21(22,23)24/h1,3-13,25-26H,14H2/t20-/m0/s1. The molecule has 0 saturated heterocycles. The van der Waals surface area contributed by atoms with Gasteiger partial charge in [-0.3, -0.25) is 0 Å². The Morgan fingerprint density at radius 2 is 1.50 bits per heavy atom. The van der Waals surface area contributed by atoms with Gasteiger partial charge in [0, 0.05) is 5.69 Å². The molecule has 0 unspecified atom stereocenters. The Hall–Kier alpha value is -2.97. The van der Waals surface area contributed by atoms with Crippen molar-refractivity contribution < 1.29 is 18.3 Å². The van der Waals surface area contributed by atoms with Crippen LogP contribution in [0.1, 0.15) is 11.1 Å². The molecular formula is C21H16F3NO. The molecule has 0 fully saturated rings. The van der Waals surface area contributed by atoms with Crippen LogP contribution in [0.2, 0.25) is 0 Å². The van der Waals surface area contributed by atoms with Crippen molar-refractivity contribution in [3.8, 4) is 12.3 Å².